The lowest BCUT2D eigenvalue weighted by Crippen LogP contribution is -2.42. The predicted molar refractivity (Wildman–Crippen MR) is 119 cm³/mol. The Balaban J connectivity index is 2.06. The quantitative estimate of drug-likeness (QED) is 0.652. The van der Waals surface area contributed by atoms with Crippen LogP contribution < -0.4 is 4.74 Å². The first kappa shape index (κ1) is 22.4. The third-order valence-corrected chi connectivity index (χ3v) is 5.71. The van der Waals surface area contributed by atoms with Crippen LogP contribution in [0.3, 0.4) is 0 Å². The van der Waals surface area contributed by atoms with Crippen molar-refractivity contribution in [3.05, 3.63) is 72.1 Å². The summed E-state index contributed by atoms with van der Waals surface area (Å²) in [5, 5.41) is 21.1. The molecule has 0 fully saturated rings. The van der Waals surface area contributed by atoms with Gasteiger partial charge < -0.3 is 9.84 Å². The van der Waals surface area contributed by atoms with Gasteiger partial charge in [0.1, 0.15) is 17.7 Å². The average Bonchev–Trinajstić information content (AvgIpc) is 2.78. The van der Waals surface area contributed by atoms with Crippen molar-refractivity contribution in [3.8, 4) is 22.9 Å². The highest BCUT2D eigenvalue weighted by Gasteiger charge is 2.45. The Morgan fingerprint density at radius 1 is 0.935 bits per heavy atom. The number of rotatable bonds is 5. The maximum absolute atomic E-state index is 11.7. The Kier molecular flexibility index (Phi) is 5.84. The third-order valence-electron chi connectivity index (χ3n) is 5.71. The van der Waals surface area contributed by atoms with E-state index >= 15 is 0 Å². The van der Waals surface area contributed by atoms with Crippen LogP contribution >= 0.6 is 0 Å². The Bertz CT molecular complexity index is 1100. The van der Waals surface area contributed by atoms with Crippen LogP contribution in [0.1, 0.15) is 51.4 Å². The number of methoxy groups -OCH3 is 1. The van der Waals surface area contributed by atoms with Gasteiger partial charge in [-0.2, -0.15) is 5.26 Å². The second kappa shape index (κ2) is 8.09. The molecule has 0 radical (unpaired) electrons. The van der Waals surface area contributed by atoms with E-state index in [1.54, 1.807) is 25.7 Å². The first-order valence-electron chi connectivity index (χ1n) is 10.1. The Morgan fingerprint density at radius 2 is 1.61 bits per heavy atom. The smallest absolute Gasteiger partial charge is 0.139 e. The number of aliphatic hydroxyl groups is 1. The van der Waals surface area contributed by atoms with Gasteiger partial charge in [0.2, 0.25) is 0 Å². The van der Waals surface area contributed by atoms with Gasteiger partial charge in [-0.3, -0.25) is 4.98 Å². The van der Waals surface area contributed by atoms with Gasteiger partial charge in [0.15, 0.2) is 0 Å². The first-order chi connectivity index (χ1) is 14.5. The van der Waals surface area contributed by atoms with Gasteiger partial charge in [-0.25, -0.2) is 9.97 Å². The molecular formula is C25H28N4O2. The normalized spacial score (nSPS) is 13.9. The van der Waals surface area contributed by atoms with Crippen molar-refractivity contribution in [1.82, 2.24) is 15.0 Å². The molecule has 3 aromatic rings. The molecule has 1 N–H and O–H groups in total. The first-order valence-corrected chi connectivity index (χ1v) is 10.1. The summed E-state index contributed by atoms with van der Waals surface area (Å²) in [6, 6.07) is 11.8. The van der Waals surface area contributed by atoms with Crippen LogP contribution in [-0.2, 0) is 11.0 Å². The predicted octanol–water partition coefficient (Wildman–Crippen LogP) is 4.63. The molecule has 1 unspecified atom stereocenters. The topological polar surface area (TPSA) is 91.9 Å². The minimum atomic E-state index is -1.36. The molecule has 0 aliphatic heterocycles. The molecule has 0 saturated carbocycles. The fourth-order valence-electron chi connectivity index (χ4n) is 3.60. The third kappa shape index (κ3) is 4.01. The van der Waals surface area contributed by atoms with Crippen LogP contribution in [0.5, 0.6) is 5.75 Å². The van der Waals surface area contributed by atoms with Gasteiger partial charge >= 0.3 is 0 Å². The Labute approximate surface area is 183 Å². The zero-order chi connectivity index (χ0) is 22.9. The molecule has 6 heteroatoms. The van der Waals surface area contributed by atoms with Crippen molar-refractivity contribution in [1.29, 1.82) is 5.26 Å². The number of hydrogen-bond donors (Lipinski definition) is 1. The molecule has 2 aromatic heterocycles. The maximum atomic E-state index is 11.7. The van der Waals surface area contributed by atoms with E-state index in [1.165, 1.54) is 6.33 Å². The second-order valence-electron chi connectivity index (χ2n) is 9.17. The summed E-state index contributed by atoms with van der Waals surface area (Å²) in [5.41, 5.74) is 1.17. The average molecular weight is 417 g/mol. The van der Waals surface area contributed by atoms with Gasteiger partial charge in [0.25, 0.3) is 0 Å². The minimum absolute atomic E-state index is 0.514. The molecule has 0 spiro atoms. The fraction of sp³-hybridized carbons (Fsp3) is 0.360. The van der Waals surface area contributed by atoms with Gasteiger partial charge in [0, 0.05) is 40.7 Å². The molecule has 1 atom stereocenters. The van der Waals surface area contributed by atoms with E-state index in [4.69, 9.17) is 4.74 Å². The van der Waals surface area contributed by atoms with E-state index in [0.717, 1.165) is 16.7 Å². The molecular weight excluding hydrogens is 388 g/mol. The summed E-state index contributed by atoms with van der Waals surface area (Å²) < 4.78 is 5.60. The molecule has 6 nitrogen and oxygen atoms in total. The van der Waals surface area contributed by atoms with Crippen molar-refractivity contribution in [3.63, 3.8) is 0 Å². The van der Waals surface area contributed by atoms with Crippen molar-refractivity contribution in [2.45, 2.75) is 45.6 Å². The zero-order valence-electron chi connectivity index (χ0n) is 18.8. The van der Waals surface area contributed by atoms with Crippen LogP contribution in [0.15, 0.2) is 55.2 Å². The number of benzene rings is 1. The van der Waals surface area contributed by atoms with E-state index in [9.17, 15) is 10.4 Å². The van der Waals surface area contributed by atoms with E-state index in [1.807, 2.05) is 65.0 Å². The summed E-state index contributed by atoms with van der Waals surface area (Å²) in [4.78, 5) is 12.8. The number of nitriles is 1. The lowest BCUT2D eigenvalue weighted by Gasteiger charge is -2.39. The van der Waals surface area contributed by atoms with Crippen molar-refractivity contribution < 1.29 is 9.84 Å². The Hall–Kier alpha value is -3.30. The van der Waals surface area contributed by atoms with Crippen LogP contribution in [0.4, 0.5) is 0 Å². The molecule has 2 heterocycles. The second-order valence-corrected chi connectivity index (χ2v) is 9.17. The van der Waals surface area contributed by atoms with E-state index in [2.05, 4.69) is 21.0 Å². The number of hydrogen-bond acceptors (Lipinski definition) is 6. The molecule has 0 amide bonds. The van der Waals surface area contributed by atoms with Gasteiger partial charge in [-0.05, 0) is 31.5 Å². The summed E-state index contributed by atoms with van der Waals surface area (Å²) in [7, 11) is 1.61. The van der Waals surface area contributed by atoms with Crippen LogP contribution in [-0.4, -0.2) is 27.2 Å². The van der Waals surface area contributed by atoms with Crippen LogP contribution in [0.25, 0.3) is 11.1 Å². The maximum Gasteiger partial charge on any atom is 0.139 e. The highest BCUT2D eigenvalue weighted by Crippen LogP contribution is 2.44. The number of nitrogens with zero attached hydrogens (tertiary/aromatic N) is 4. The molecule has 160 valence electrons. The Morgan fingerprint density at radius 3 is 2.13 bits per heavy atom. The number of pyridine rings is 1. The molecule has 0 aliphatic rings. The highest BCUT2D eigenvalue weighted by atomic mass is 16.5. The van der Waals surface area contributed by atoms with Crippen molar-refractivity contribution in [2.24, 2.45) is 5.41 Å². The molecule has 3 rings (SSSR count). The SMILES string of the molecule is COc1cc(C(C)(C)C#N)ccc1-c1ccc(C(O)(c2cncnc2)C(C)(C)C)nc1. The van der Waals surface area contributed by atoms with Crippen LogP contribution in [0, 0.1) is 16.7 Å². The summed E-state index contributed by atoms with van der Waals surface area (Å²) in [6.07, 6.45) is 6.40. The lowest BCUT2D eigenvalue weighted by molar-refractivity contribution is -0.0301. The van der Waals surface area contributed by atoms with Crippen LogP contribution in [0.2, 0.25) is 0 Å². The largest absolute Gasteiger partial charge is 0.496 e. The summed E-state index contributed by atoms with van der Waals surface area (Å²) in [5.74, 6) is 0.665. The van der Waals surface area contributed by atoms with Crippen molar-refractivity contribution in [2.75, 3.05) is 7.11 Å². The summed E-state index contributed by atoms with van der Waals surface area (Å²) >= 11 is 0. The fourth-order valence-corrected chi connectivity index (χ4v) is 3.60. The van der Waals surface area contributed by atoms with E-state index in [0.29, 0.717) is 17.0 Å². The number of ether oxygens (including phenoxy) is 1. The highest BCUT2D eigenvalue weighted by molar-refractivity contribution is 5.71. The molecule has 0 aliphatic carbocycles. The van der Waals surface area contributed by atoms with Gasteiger partial charge in [-0.15, -0.1) is 0 Å². The monoisotopic (exact) mass is 416 g/mol. The molecule has 0 bridgehead atoms. The zero-order valence-corrected chi connectivity index (χ0v) is 18.8. The van der Waals surface area contributed by atoms with E-state index in [-0.39, 0.29) is 0 Å². The summed E-state index contributed by atoms with van der Waals surface area (Å²) in [6.45, 7) is 9.60. The molecule has 1 aromatic carbocycles. The van der Waals surface area contributed by atoms with Gasteiger partial charge in [0.05, 0.1) is 24.3 Å². The van der Waals surface area contributed by atoms with Crippen molar-refractivity contribution >= 4 is 0 Å². The molecule has 0 saturated heterocycles. The van der Waals surface area contributed by atoms with E-state index < -0.39 is 16.4 Å². The molecule has 31 heavy (non-hydrogen) atoms. The number of aromatic nitrogens is 3. The van der Waals surface area contributed by atoms with Gasteiger partial charge in [-0.1, -0.05) is 39.0 Å². The lowest BCUT2D eigenvalue weighted by atomic mass is 9.70. The standard InChI is InChI=1S/C25H28N4O2/c1-23(2,3)25(30,19-13-27-16-28-14-19)22-10-7-17(12-29-22)20-9-8-18(11-21(20)31-6)24(4,5)15-26/h7-14,16,30H,1-6H3. The minimum Gasteiger partial charge on any atom is -0.496 e.